The number of piperidine rings is 1. The van der Waals surface area contributed by atoms with E-state index in [0.29, 0.717) is 11.5 Å². The van der Waals surface area contributed by atoms with Crippen molar-refractivity contribution in [2.75, 3.05) is 13.1 Å². The molecule has 0 bridgehead atoms. The number of hydrogen-bond acceptors (Lipinski definition) is 4. The van der Waals surface area contributed by atoms with Crippen molar-refractivity contribution < 1.29 is 0 Å². The van der Waals surface area contributed by atoms with Crippen LogP contribution in [0.1, 0.15) is 24.6 Å². The van der Waals surface area contributed by atoms with Gasteiger partial charge in [0.15, 0.2) is 0 Å². The summed E-state index contributed by atoms with van der Waals surface area (Å²) in [5.41, 5.74) is 1.61. The smallest absolute Gasteiger partial charge is 0.0663 e. The Kier molecular flexibility index (Phi) is 2.26. The van der Waals surface area contributed by atoms with Gasteiger partial charge in [0.2, 0.25) is 0 Å². The molecule has 15 heavy (non-hydrogen) atoms. The Morgan fingerprint density at radius 2 is 2.33 bits per heavy atom. The Bertz CT molecular complexity index is 356. The quantitative estimate of drug-likeness (QED) is 0.616. The van der Waals surface area contributed by atoms with E-state index in [0.717, 1.165) is 19.6 Å². The van der Waals surface area contributed by atoms with Gasteiger partial charge < -0.3 is 5.32 Å². The fourth-order valence-corrected chi connectivity index (χ4v) is 3.40. The second-order valence-electron chi connectivity index (χ2n) is 4.59. The normalized spacial score (nSPS) is 28.2. The van der Waals surface area contributed by atoms with Gasteiger partial charge in [0.25, 0.3) is 0 Å². The predicted octanol–water partition coefficient (Wildman–Crippen LogP) is 0.742. The number of hydrogen-bond donors (Lipinski definition) is 3. The Morgan fingerprint density at radius 3 is 3.07 bits per heavy atom. The Balaban J connectivity index is 1.96. The molecule has 0 radical (unpaired) electrons. The number of rotatable bonds is 1. The van der Waals surface area contributed by atoms with Gasteiger partial charge in [-0.15, -0.1) is 0 Å². The van der Waals surface area contributed by atoms with Crippen LogP contribution in [0, 0.1) is 5.41 Å². The molecule has 1 aromatic rings. The summed E-state index contributed by atoms with van der Waals surface area (Å²) in [7, 11) is 0. The van der Waals surface area contributed by atoms with Crippen molar-refractivity contribution in [3.8, 4) is 0 Å². The van der Waals surface area contributed by atoms with Crippen LogP contribution in [0.15, 0.2) is 12.3 Å². The highest BCUT2D eigenvalue weighted by Gasteiger charge is 2.46. The first-order chi connectivity index (χ1) is 7.36. The zero-order chi connectivity index (χ0) is 10.3. The second kappa shape index (κ2) is 3.50. The van der Waals surface area contributed by atoms with E-state index < -0.39 is 0 Å². The molecule has 4 nitrogen and oxygen atoms in total. The molecular weight excluding hydrogens is 208 g/mol. The zero-order valence-corrected chi connectivity index (χ0v) is 9.50. The summed E-state index contributed by atoms with van der Waals surface area (Å²) in [5.74, 6) is 0. The molecule has 1 fully saturated rings. The summed E-state index contributed by atoms with van der Waals surface area (Å²) in [4.78, 5) is 0. The summed E-state index contributed by atoms with van der Waals surface area (Å²) in [5, 5.41) is 7.78. The maximum absolute atomic E-state index is 4.37. The van der Waals surface area contributed by atoms with E-state index in [-0.39, 0.29) is 0 Å². The molecule has 0 amide bonds. The number of fused-ring (bicyclic) bond motifs is 1. The van der Waals surface area contributed by atoms with E-state index in [1.165, 1.54) is 18.5 Å². The van der Waals surface area contributed by atoms with Crippen molar-refractivity contribution >= 4 is 12.8 Å². The maximum Gasteiger partial charge on any atom is 0.0663 e. The van der Waals surface area contributed by atoms with Gasteiger partial charge in [0.1, 0.15) is 0 Å². The lowest BCUT2D eigenvalue weighted by Gasteiger charge is -2.37. The topological polar surface area (TPSA) is 41.9 Å². The maximum atomic E-state index is 4.37. The van der Waals surface area contributed by atoms with Crippen LogP contribution in [-0.4, -0.2) is 22.9 Å². The number of aromatic nitrogens is 2. The molecule has 2 N–H and O–H groups in total. The molecular formula is C10H16N4S. The number of nitrogens with zero attached hydrogens (tertiary/aromatic N) is 2. The van der Waals surface area contributed by atoms with Crippen LogP contribution in [0.4, 0.5) is 0 Å². The Morgan fingerprint density at radius 1 is 1.53 bits per heavy atom. The summed E-state index contributed by atoms with van der Waals surface area (Å²) in [6.07, 6.45) is 4.28. The van der Waals surface area contributed by atoms with Crippen LogP contribution in [0.25, 0.3) is 0 Å². The standard InChI is InChI=1S/C10H16N4S/c15-13-9-8-1-4-12-14(8)7-10(9)2-5-11-6-3-10/h1,4,9,11,13,15H,2-3,5-7H2. The summed E-state index contributed by atoms with van der Waals surface area (Å²) in [6, 6.07) is 2.45. The largest absolute Gasteiger partial charge is 0.317 e. The molecule has 82 valence electrons. The third-order valence-electron chi connectivity index (χ3n) is 3.85. The fraction of sp³-hybridized carbons (Fsp3) is 0.700. The molecule has 2 aliphatic rings. The molecule has 1 aromatic heterocycles. The van der Waals surface area contributed by atoms with Crippen LogP contribution in [0.2, 0.25) is 0 Å². The molecule has 1 spiro atoms. The highest BCUT2D eigenvalue weighted by molar-refractivity contribution is 7.78. The lowest BCUT2D eigenvalue weighted by Crippen LogP contribution is -2.42. The summed E-state index contributed by atoms with van der Waals surface area (Å²) in [6.45, 7) is 3.25. The Labute approximate surface area is 95.0 Å². The van der Waals surface area contributed by atoms with Crippen molar-refractivity contribution in [1.29, 1.82) is 0 Å². The monoisotopic (exact) mass is 224 g/mol. The van der Waals surface area contributed by atoms with Gasteiger partial charge in [-0.1, -0.05) is 12.8 Å². The molecule has 5 heteroatoms. The van der Waals surface area contributed by atoms with Crippen LogP contribution >= 0.6 is 12.8 Å². The van der Waals surface area contributed by atoms with Crippen LogP contribution in [0.3, 0.4) is 0 Å². The molecule has 1 saturated heterocycles. The lowest BCUT2D eigenvalue weighted by atomic mass is 9.74. The van der Waals surface area contributed by atoms with Crippen LogP contribution < -0.4 is 10.0 Å². The first-order valence-electron chi connectivity index (χ1n) is 5.48. The number of nitrogens with one attached hydrogen (secondary N) is 2. The van der Waals surface area contributed by atoms with Gasteiger partial charge in [-0.2, -0.15) is 5.10 Å². The van der Waals surface area contributed by atoms with Crippen LogP contribution in [0.5, 0.6) is 0 Å². The van der Waals surface area contributed by atoms with Gasteiger partial charge in [-0.05, 0) is 32.0 Å². The molecule has 1 atom stereocenters. The van der Waals surface area contributed by atoms with Crippen molar-refractivity contribution in [1.82, 2.24) is 19.8 Å². The van der Waals surface area contributed by atoms with Gasteiger partial charge in [0.05, 0.1) is 11.7 Å². The third-order valence-corrected chi connectivity index (χ3v) is 4.11. The molecule has 0 aliphatic carbocycles. The van der Waals surface area contributed by atoms with Gasteiger partial charge >= 0.3 is 0 Å². The van der Waals surface area contributed by atoms with E-state index in [1.54, 1.807) is 0 Å². The van der Waals surface area contributed by atoms with Gasteiger partial charge in [-0.25, -0.2) is 0 Å². The van der Waals surface area contributed by atoms with E-state index in [9.17, 15) is 0 Å². The minimum Gasteiger partial charge on any atom is -0.317 e. The lowest BCUT2D eigenvalue weighted by molar-refractivity contribution is 0.151. The van der Waals surface area contributed by atoms with Gasteiger partial charge in [-0.3, -0.25) is 9.40 Å². The molecule has 1 unspecified atom stereocenters. The highest BCUT2D eigenvalue weighted by Crippen LogP contribution is 2.47. The minimum absolute atomic E-state index is 0.330. The summed E-state index contributed by atoms with van der Waals surface area (Å²) >= 11 is 4.29. The van der Waals surface area contributed by atoms with Crippen molar-refractivity contribution in [2.45, 2.75) is 25.4 Å². The fourth-order valence-electron chi connectivity index (χ4n) is 3.00. The van der Waals surface area contributed by atoms with Crippen LogP contribution in [-0.2, 0) is 6.54 Å². The van der Waals surface area contributed by atoms with E-state index in [1.807, 2.05) is 6.20 Å². The molecule has 0 saturated carbocycles. The average Bonchev–Trinajstić information content (AvgIpc) is 2.77. The summed E-state index contributed by atoms with van der Waals surface area (Å²) < 4.78 is 5.30. The van der Waals surface area contributed by atoms with E-state index >= 15 is 0 Å². The van der Waals surface area contributed by atoms with E-state index in [4.69, 9.17) is 0 Å². The highest BCUT2D eigenvalue weighted by atomic mass is 32.1. The molecule has 2 aliphatic heterocycles. The molecule has 3 rings (SSSR count). The first kappa shape index (κ1) is 9.69. The van der Waals surface area contributed by atoms with Gasteiger partial charge in [0, 0.05) is 18.2 Å². The molecule has 3 heterocycles. The van der Waals surface area contributed by atoms with E-state index in [2.05, 4.69) is 38.7 Å². The predicted molar refractivity (Wildman–Crippen MR) is 61.6 cm³/mol. The minimum atomic E-state index is 0.330. The Hall–Kier alpha value is -0.520. The SMILES string of the molecule is SNC1c2ccnn2CC12CCNCC2. The zero-order valence-electron chi connectivity index (χ0n) is 8.61. The average molecular weight is 224 g/mol. The molecule has 0 aromatic carbocycles. The first-order valence-corrected chi connectivity index (χ1v) is 5.92. The van der Waals surface area contributed by atoms with Crippen molar-refractivity contribution in [2.24, 2.45) is 5.41 Å². The van der Waals surface area contributed by atoms with Crippen molar-refractivity contribution in [3.05, 3.63) is 18.0 Å². The second-order valence-corrected chi connectivity index (χ2v) is 4.85. The third kappa shape index (κ3) is 1.33. The van der Waals surface area contributed by atoms with Crippen molar-refractivity contribution in [3.63, 3.8) is 0 Å². The number of thiol groups is 1.